The maximum Gasteiger partial charge on any atom is 0.326 e. The molecular formula is C50H84N12O11. The Morgan fingerprint density at radius 3 is 1.37 bits per heavy atom. The third-order valence-electron chi connectivity index (χ3n) is 12.7. The maximum atomic E-state index is 14.6. The van der Waals surface area contributed by atoms with E-state index in [0.29, 0.717) is 25.0 Å². The molecule has 2 aliphatic rings. The molecule has 0 unspecified atom stereocenters. The first-order valence-electron chi connectivity index (χ1n) is 25.9. The zero-order valence-electron chi connectivity index (χ0n) is 44.5. The van der Waals surface area contributed by atoms with E-state index in [4.69, 9.17) is 11.5 Å². The maximum absolute atomic E-state index is 14.6. The summed E-state index contributed by atoms with van der Waals surface area (Å²) in [5, 5.41) is 26.2. The molecule has 23 nitrogen and oxygen atoms in total. The Labute approximate surface area is 429 Å². The smallest absolute Gasteiger partial charge is 0.326 e. The van der Waals surface area contributed by atoms with Gasteiger partial charge in [-0.15, -0.1) is 0 Å². The van der Waals surface area contributed by atoms with Gasteiger partial charge in [0, 0.05) is 31.4 Å². The van der Waals surface area contributed by atoms with Crippen LogP contribution in [0.2, 0.25) is 0 Å². The van der Waals surface area contributed by atoms with Gasteiger partial charge < -0.3 is 63.3 Å². The van der Waals surface area contributed by atoms with Crippen molar-refractivity contribution in [3.8, 4) is 0 Å². The van der Waals surface area contributed by atoms with Crippen LogP contribution in [0.5, 0.6) is 0 Å². The number of nitrogens with one attached hydrogen (secondary N) is 7. The van der Waals surface area contributed by atoms with Gasteiger partial charge in [-0.2, -0.15) is 0 Å². The van der Waals surface area contributed by atoms with Gasteiger partial charge in [0.05, 0.1) is 18.8 Å². The lowest BCUT2D eigenvalue weighted by atomic mass is 9.99. The highest BCUT2D eigenvalue weighted by Crippen LogP contribution is 2.24. The van der Waals surface area contributed by atoms with Gasteiger partial charge in [0.15, 0.2) is 0 Å². The summed E-state index contributed by atoms with van der Waals surface area (Å²) in [6.45, 7) is 19.0. The van der Waals surface area contributed by atoms with Crippen molar-refractivity contribution in [2.45, 2.75) is 194 Å². The number of carbonyl (C=O) groups excluding carboxylic acids is 9. The normalized spacial score (nSPS) is 18.7. The molecular weight excluding hydrogens is 945 g/mol. The van der Waals surface area contributed by atoms with Crippen LogP contribution < -0.4 is 43.4 Å². The van der Waals surface area contributed by atoms with Crippen molar-refractivity contribution in [3.63, 3.8) is 0 Å². The minimum atomic E-state index is -1.31. The van der Waals surface area contributed by atoms with Gasteiger partial charge in [-0.3, -0.25) is 43.2 Å². The molecule has 410 valence electrons. The van der Waals surface area contributed by atoms with E-state index in [1.54, 1.807) is 0 Å². The lowest BCUT2D eigenvalue weighted by Gasteiger charge is -2.33. The molecule has 73 heavy (non-hydrogen) atoms. The van der Waals surface area contributed by atoms with Gasteiger partial charge in [-0.25, -0.2) is 9.78 Å². The number of imidazole rings is 1. The van der Waals surface area contributed by atoms with Gasteiger partial charge in [-0.05, 0) is 87.4 Å². The highest BCUT2D eigenvalue weighted by Gasteiger charge is 2.43. The summed E-state index contributed by atoms with van der Waals surface area (Å²) in [5.41, 5.74) is 11.6. The molecule has 0 spiro atoms. The summed E-state index contributed by atoms with van der Waals surface area (Å²) in [7, 11) is 0. The largest absolute Gasteiger partial charge is 0.480 e. The van der Waals surface area contributed by atoms with E-state index in [1.807, 2.05) is 69.2 Å². The van der Waals surface area contributed by atoms with E-state index in [1.165, 1.54) is 22.3 Å². The first kappa shape index (κ1) is 61.2. The molecule has 0 aliphatic carbocycles. The second-order valence-electron chi connectivity index (χ2n) is 21.8. The standard InChI is InChI=1S/C50H84N12O11/c1-26(2)17-33(55-42(64)32(51)23-41(52)63)43(65)56-35(22-31-24-53-25-54-31)45(67)58-36(19-28(5)6)48(70)62-16-12-14-40(62)47(69)59-37(20-29(7)8)49(71)61-15-11-13-39(61)46(68)57-34(18-27(3)4)44(66)60-38(50(72)73)21-30(9)10/h24-30,32-40H,11-23,51H2,1-10H3,(H2,52,63)(H,53,54)(H,55,64)(H,56,65)(H,57,68)(H,58,67)(H,59,69)(H,60,66)(H,72,73)/t32-,33-,34-,35-,36-,37-,38-,39-,40-/m0/s1. The van der Waals surface area contributed by atoms with E-state index in [-0.39, 0.29) is 87.6 Å². The summed E-state index contributed by atoms with van der Waals surface area (Å²) < 4.78 is 0. The van der Waals surface area contributed by atoms with Crippen molar-refractivity contribution in [2.75, 3.05) is 13.1 Å². The summed E-state index contributed by atoms with van der Waals surface area (Å²) in [4.78, 5) is 145. The molecule has 0 saturated carbocycles. The van der Waals surface area contributed by atoms with E-state index in [9.17, 15) is 53.1 Å². The van der Waals surface area contributed by atoms with Crippen LogP contribution in [0.3, 0.4) is 0 Å². The third kappa shape index (κ3) is 19.7. The Morgan fingerprint density at radius 2 is 0.945 bits per heavy atom. The first-order chi connectivity index (χ1) is 34.2. The van der Waals surface area contributed by atoms with Crippen LogP contribution in [0.4, 0.5) is 0 Å². The molecule has 12 N–H and O–H groups in total. The molecule has 3 rings (SSSR count). The van der Waals surface area contributed by atoms with Crippen LogP contribution in [0.25, 0.3) is 0 Å². The number of aromatic nitrogens is 2. The summed E-state index contributed by atoms with van der Waals surface area (Å²) in [6.07, 6.45) is 4.76. The number of H-pyrrole nitrogens is 1. The Bertz CT molecular complexity index is 2060. The van der Waals surface area contributed by atoms with Crippen LogP contribution >= 0.6 is 0 Å². The fourth-order valence-corrected chi connectivity index (χ4v) is 9.26. The molecule has 1 aromatic heterocycles. The molecule has 1 aromatic rings. The number of rotatable bonds is 29. The fraction of sp³-hybridized carbons (Fsp3) is 0.740. The number of carbonyl (C=O) groups is 10. The predicted molar refractivity (Wildman–Crippen MR) is 270 cm³/mol. The van der Waals surface area contributed by atoms with Gasteiger partial charge in [-0.1, -0.05) is 69.2 Å². The molecule has 2 fully saturated rings. The zero-order chi connectivity index (χ0) is 54.9. The Hall–Kier alpha value is -6.13. The Balaban J connectivity index is 1.84. The Kier molecular flexibility index (Phi) is 24.2. The number of hydrogen-bond donors (Lipinski definition) is 10. The summed E-state index contributed by atoms with van der Waals surface area (Å²) in [6, 6.07) is -10.2. The number of carboxylic acid groups (broad SMARTS) is 1. The topological polar surface area (TPSA) is 350 Å². The quantitative estimate of drug-likeness (QED) is 0.0519. The van der Waals surface area contributed by atoms with Crippen molar-refractivity contribution in [1.29, 1.82) is 0 Å². The minimum absolute atomic E-state index is 0.0219. The number of carboxylic acids is 1. The van der Waals surface area contributed by atoms with Crippen LogP contribution in [0.15, 0.2) is 12.5 Å². The van der Waals surface area contributed by atoms with Gasteiger partial charge >= 0.3 is 5.97 Å². The lowest BCUT2D eigenvalue weighted by Crippen LogP contribution is -2.60. The van der Waals surface area contributed by atoms with Gasteiger partial charge in [0.2, 0.25) is 53.2 Å². The van der Waals surface area contributed by atoms with Crippen LogP contribution in [0, 0.1) is 29.6 Å². The van der Waals surface area contributed by atoms with Crippen LogP contribution in [0.1, 0.15) is 139 Å². The Morgan fingerprint density at radius 1 is 0.575 bits per heavy atom. The molecule has 9 amide bonds. The van der Waals surface area contributed by atoms with Gasteiger partial charge in [0.1, 0.15) is 48.3 Å². The average molecular weight is 1030 g/mol. The number of nitrogens with zero attached hydrogens (tertiary/aromatic N) is 3. The van der Waals surface area contributed by atoms with Crippen molar-refractivity contribution >= 4 is 59.1 Å². The number of aromatic amines is 1. The lowest BCUT2D eigenvalue weighted by molar-refractivity contribution is -0.145. The average Bonchev–Trinajstić information content (AvgIpc) is 4.09. The highest BCUT2D eigenvalue weighted by atomic mass is 16.4. The van der Waals surface area contributed by atoms with Gasteiger partial charge in [0.25, 0.3) is 0 Å². The number of amides is 9. The zero-order valence-corrected chi connectivity index (χ0v) is 44.5. The van der Waals surface area contributed by atoms with E-state index in [2.05, 4.69) is 41.9 Å². The molecule has 0 bridgehead atoms. The van der Waals surface area contributed by atoms with Crippen LogP contribution in [-0.4, -0.2) is 151 Å². The van der Waals surface area contributed by atoms with Crippen molar-refractivity contribution in [2.24, 2.45) is 41.1 Å². The third-order valence-corrected chi connectivity index (χ3v) is 12.7. The minimum Gasteiger partial charge on any atom is -0.480 e. The SMILES string of the molecule is CC(C)C[C@H](NC(=O)[C@H](CC(C)C)NC(=O)[C@@H]1CCCN1C(=O)[C@H](CC(C)C)NC(=O)[C@@H]1CCCN1C(=O)[C@H](CC(C)C)NC(=O)[C@H](Cc1cnc[nH]1)NC(=O)[C@H](CC(C)C)NC(=O)[C@@H](N)CC(N)=O)C(=O)O. The molecule has 0 aromatic carbocycles. The second kappa shape index (κ2) is 28.9. The van der Waals surface area contributed by atoms with E-state index >= 15 is 0 Å². The summed E-state index contributed by atoms with van der Waals surface area (Å²) >= 11 is 0. The molecule has 9 atom stereocenters. The number of primary amides is 1. The van der Waals surface area contributed by atoms with E-state index < -0.39 is 120 Å². The number of nitrogens with two attached hydrogens (primary N) is 2. The fourth-order valence-electron chi connectivity index (χ4n) is 9.26. The molecule has 2 saturated heterocycles. The number of hydrogen-bond acceptors (Lipinski definition) is 12. The number of likely N-dealkylation sites (tertiary alicyclic amines) is 2. The molecule has 2 aliphatic heterocycles. The molecule has 3 heterocycles. The second-order valence-corrected chi connectivity index (χ2v) is 21.8. The molecule has 23 heteroatoms. The first-order valence-corrected chi connectivity index (χ1v) is 25.9. The van der Waals surface area contributed by atoms with Crippen molar-refractivity contribution < 1.29 is 53.1 Å². The highest BCUT2D eigenvalue weighted by molar-refractivity contribution is 5.98. The predicted octanol–water partition coefficient (Wildman–Crippen LogP) is 0.361. The van der Waals surface area contributed by atoms with Crippen molar-refractivity contribution in [3.05, 3.63) is 18.2 Å². The van der Waals surface area contributed by atoms with Crippen LogP contribution in [-0.2, 0) is 54.4 Å². The molecule has 0 radical (unpaired) electrons. The van der Waals surface area contributed by atoms with Crippen molar-refractivity contribution in [1.82, 2.24) is 51.7 Å². The monoisotopic (exact) mass is 1030 g/mol. The number of aliphatic carboxylic acids is 1. The summed E-state index contributed by atoms with van der Waals surface area (Å²) in [5.74, 6) is -7.42. The van der Waals surface area contributed by atoms with E-state index in [0.717, 1.165) is 0 Å².